The summed E-state index contributed by atoms with van der Waals surface area (Å²) in [4.78, 5) is 0. The molecule has 3 nitrogen and oxygen atoms in total. The molecule has 0 atom stereocenters. The zero-order valence-electron chi connectivity index (χ0n) is 58.5. The molecule has 0 radical (unpaired) electrons. The lowest BCUT2D eigenvalue weighted by Crippen LogP contribution is -1.95. The molecule has 20 aromatic carbocycles. The van der Waals surface area contributed by atoms with E-state index >= 15 is 0 Å². The lowest BCUT2D eigenvalue weighted by atomic mass is 9.96. The van der Waals surface area contributed by atoms with Crippen LogP contribution in [-0.4, -0.2) is 13.7 Å². The molecule has 0 aliphatic carbocycles. The Hall–Kier alpha value is -14.1. The third-order valence-corrected chi connectivity index (χ3v) is 22.3. The highest BCUT2D eigenvalue weighted by Crippen LogP contribution is 2.44. The van der Waals surface area contributed by atoms with Crippen LogP contribution >= 0.6 is 0 Å². The van der Waals surface area contributed by atoms with Crippen LogP contribution in [0.4, 0.5) is 0 Å². The number of hydrogen-bond acceptors (Lipinski definition) is 0. The van der Waals surface area contributed by atoms with Crippen molar-refractivity contribution in [1.82, 2.24) is 13.7 Å². The quantitative estimate of drug-likeness (QED) is 0.158. The summed E-state index contributed by atoms with van der Waals surface area (Å²) in [6, 6.07) is 148. The third-order valence-electron chi connectivity index (χ3n) is 22.3. The Morgan fingerprint density at radius 3 is 0.813 bits per heavy atom. The standard InChI is InChI=1S/2C36H23N.C32H21N/c1-2-10-27-22-28(18-16-24(27)8-1)29-19-17-26-20-21-35-36(32(26)23-29)31-13-5-6-14-34(31)37(35)33-15-7-11-25-9-3-4-12-30(25)33;1-2-10-26-22-27(17-16-24(26)8-1)28-18-20-31-29(23-28)19-21-35-36(31)32-13-5-6-14-34(32)37(35)33-15-7-11-25-9-3-4-12-30(25)33;1-2-9-22(10-3-1)24-17-19-27-25(21-24)18-20-31-32(27)28-14-6-7-15-30(28)33(31)29-16-8-12-23-11-4-5-13-26(23)29/h2*1-23H;1-21H. The van der Waals surface area contributed by atoms with Gasteiger partial charge >= 0.3 is 0 Å². The molecular weight excluding hydrogens is 1290 g/mol. The number of fused-ring (bicyclic) bond motifs is 20. The van der Waals surface area contributed by atoms with Gasteiger partial charge in [0.25, 0.3) is 0 Å². The molecule has 3 heterocycles. The first kappa shape index (κ1) is 61.5. The molecule has 0 N–H and O–H groups in total. The van der Waals surface area contributed by atoms with Gasteiger partial charge in [-0.2, -0.15) is 0 Å². The van der Waals surface area contributed by atoms with Gasteiger partial charge in [-0.25, -0.2) is 0 Å². The molecule has 0 aliphatic heterocycles. The number of benzene rings is 20. The van der Waals surface area contributed by atoms with Crippen LogP contribution in [0.3, 0.4) is 0 Å². The normalized spacial score (nSPS) is 11.7. The average molecular weight is 1360 g/mol. The number of nitrogens with zero attached hydrogens (tertiary/aromatic N) is 3. The monoisotopic (exact) mass is 1360 g/mol. The molecule has 23 rings (SSSR count). The Morgan fingerprint density at radius 2 is 0.393 bits per heavy atom. The molecule has 0 bridgehead atoms. The molecular formula is C104H67N3. The Labute approximate surface area is 618 Å². The summed E-state index contributed by atoms with van der Waals surface area (Å²) in [5.41, 5.74) is 18.6. The van der Waals surface area contributed by atoms with E-state index in [1.54, 1.807) is 0 Å². The zero-order valence-corrected chi connectivity index (χ0v) is 58.5. The SMILES string of the molecule is c1ccc(-c2ccc3c(ccc4c3c3ccccc3n4-c3cccc4ccccc34)c2)cc1.c1ccc2cc(-c3ccc4c(ccc5c4c4ccccc4n5-c4cccc5ccccc45)c3)ccc2c1.c1ccc2cc(-c3ccc4ccc5c(c4c3)c3ccccc3n5-c3cccc4ccccc34)ccc2c1. The molecule has 3 aromatic heterocycles. The van der Waals surface area contributed by atoms with Crippen LogP contribution in [0.15, 0.2) is 406 Å². The van der Waals surface area contributed by atoms with Crippen LogP contribution in [0.1, 0.15) is 0 Å². The molecule has 0 aliphatic rings. The van der Waals surface area contributed by atoms with Crippen molar-refractivity contribution < 1.29 is 0 Å². The van der Waals surface area contributed by atoms with Crippen molar-refractivity contribution in [2.75, 3.05) is 0 Å². The number of hydrogen-bond donors (Lipinski definition) is 0. The second-order valence-electron chi connectivity index (χ2n) is 28.2. The van der Waals surface area contributed by atoms with Crippen molar-refractivity contribution in [2.24, 2.45) is 0 Å². The Bertz CT molecular complexity index is 7500. The molecule has 0 amide bonds. The van der Waals surface area contributed by atoms with Crippen molar-refractivity contribution in [3.63, 3.8) is 0 Å². The van der Waals surface area contributed by atoms with Gasteiger partial charge in [0.1, 0.15) is 0 Å². The molecule has 0 spiro atoms. The van der Waals surface area contributed by atoms with Gasteiger partial charge in [-0.05, 0) is 188 Å². The van der Waals surface area contributed by atoms with Crippen molar-refractivity contribution >= 4 is 152 Å². The van der Waals surface area contributed by atoms with Gasteiger partial charge < -0.3 is 13.7 Å². The van der Waals surface area contributed by atoms with E-state index in [1.807, 2.05) is 0 Å². The summed E-state index contributed by atoms with van der Waals surface area (Å²) >= 11 is 0. The Morgan fingerprint density at radius 1 is 0.121 bits per heavy atom. The molecule has 23 aromatic rings. The Kier molecular flexibility index (Phi) is 14.6. The fraction of sp³-hybridized carbons (Fsp3) is 0. The second kappa shape index (κ2) is 25.4. The van der Waals surface area contributed by atoms with E-state index in [-0.39, 0.29) is 0 Å². The fourth-order valence-corrected chi connectivity index (χ4v) is 17.3. The maximum Gasteiger partial charge on any atom is 0.0547 e. The van der Waals surface area contributed by atoms with Gasteiger partial charge in [0.2, 0.25) is 0 Å². The summed E-state index contributed by atoms with van der Waals surface area (Å²) in [6.45, 7) is 0. The summed E-state index contributed by atoms with van der Waals surface area (Å²) in [5, 5.41) is 28.1. The first-order valence-corrected chi connectivity index (χ1v) is 36.9. The van der Waals surface area contributed by atoms with E-state index in [4.69, 9.17) is 0 Å². The maximum atomic E-state index is 2.44. The van der Waals surface area contributed by atoms with Gasteiger partial charge in [-0.15, -0.1) is 0 Å². The molecule has 3 heteroatoms. The molecule has 0 saturated carbocycles. The van der Waals surface area contributed by atoms with Crippen molar-refractivity contribution in [3.05, 3.63) is 406 Å². The molecule has 0 unspecified atom stereocenters. The molecule has 498 valence electrons. The second-order valence-corrected chi connectivity index (χ2v) is 28.2. The van der Waals surface area contributed by atoms with Crippen LogP contribution in [0, 0.1) is 0 Å². The highest BCUT2D eigenvalue weighted by Gasteiger charge is 2.21. The maximum absolute atomic E-state index is 2.44. The van der Waals surface area contributed by atoms with Gasteiger partial charge in [-0.1, -0.05) is 322 Å². The Balaban J connectivity index is 0.000000103. The summed E-state index contributed by atoms with van der Waals surface area (Å²) in [5.74, 6) is 0. The summed E-state index contributed by atoms with van der Waals surface area (Å²) in [6.07, 6.45) is 0. The van der Waals surface area contributed by atoms with Crippen molar-refractivity contribution in [3.8, 4) is 50.4 Å². The van der Waals surface area contributed by atoms with E-state index in [0.717, 1.165) is 0 Å². The van der Waals surface area contributed by atoms with Crippen molar-refractivity contribution in [2.45, 2.75) is 0 Å². The minimum absolute atomic E-state index is 1.22. The third kappa shape index (κ3) is 10.3. The number of rotatable bonds is 6. The van der Waals surface area contributed by atoms with Crippen LogP contribution < -0.4 is 0 Å². The fourth-order valence-electron chi connectivity index (χ4n) is 17.3. The van der Waals surface area contributed by atoms with E-state index in [1.165, 1.54) is 202 Å². The average Bonchev–Trinajstić information content (AvgIpc) is 1.58. The summed E-state index contributed by atoms with van der Waals surface area (Å²) < 4.78 is 7.30. The first-order valence-electron chi connectivity index (χ1n) is 36.9. The molecule has 107 heavy (non-hydrogen) atoms. The largest absolute Gasteiger partial charge is 0.309 e. The van der Waals surface area contributed by atoms with E-state index < -0.39 is 0 Å². The highest BCUT2D eigenvalue weighted by molar-refractivity contribution is 6.25. The first-order chi connectivity index (χ1) is 53.1. The van der Waals surface area contributed by atoms with Gasteiger partial charge in [0.15, 0.2) is 0 Å². The van der Waals surface area contributed by atoms with E-state index in [9.17, 15) is 0 Å². The lowest BCUT2D eigenvalue weighted by molar-refractivity contribution is 1.20. The highest BCUT2D eigenvalue weighted by atomic mass is 15.0. The van der Waals surface area contributed by atoms with Gasteiger partial charge in [-0.3, -0.25) is 0 Å². The zero-order chi connectivity index (χ0) is 70.5. The predicted molar refractivity (Wildman–Crippen MR) is 459 cm³/mol. The van der Waals surface area contributed by atoms with Gasteiger partial charge in [0, 0.05) is 48.5 Å². The molecule has 0 fully saturated rings. The number of aromatic nitrogens is 3. The van der Waals surface area contributed by atoms with E-state index in [0.29, 0.717) is 0 Å². The topological polar surface area (TPSA) is 14.8 Å². The van der Waals surface area contributed by atoms with Crippen LogP contribution in [-0.2, 0) is 0 Å². The van der Waals surface area contributed by atoms with Gasteiger partial charge in [0.05, 0.1) is 50.2 Å². The molecule has 0 saturated heterocycles. The van der Waals surface area contributed by atoms with E-state index in [2.05, 4.69) is 420 Å². The van der Waals surface area contributed by atoms with Crippen LogP contribution in [0.2, 0.25) is 0 Å². The van der Waals surface area contributed by atoms with Crippen LogP contribution in [0.5, 0.6) is 0 Å². The summed E-state index contributed by atoms with van der Waals surface area (Å²) in [7, 11) is 0. The van der Waals surface area contributed by atoms with Crippen molar-refractivity contribution in [1.29, 1.82) is 0 Å². The smallest absolute Gasteiger partial charge is 0.0547 e. The minimum atomic E-state index is 1.22. The lowest BCUT2D eigenvalue weighted by Gasteiger charge is -2.12. The minimum Gasteiger partial charge on any atom is -0.309 e. The van der Waals surface area contributed by atoms with Crippen LogP contribution in [0.25, 0.3) is 202 Å². The number of para-hydroxylation sites is 3. The predicted octanol–water partition coefficient (Wildman–Crippen LogP) is 28.6.